The summed E-state index contributed by atoms with van der Waals surface area (Å²) in [5.41, 5.74) is 0. The first-order valence-electron chi connectivity index (χ1n) is 3.73. The molecule has 0 saturated heterocycles. The highest BCUT2D eigenvalue weighted by atomic mass is 19.1. The van der Waals surface area contributed by atoms with Gasteiger partial charge >= 0.3 is 0 Å². The van der Waals surface area contributed by atoms with Crippen molar-refractivity contribution in [1.29, 1.82) is 0 Å². The van der Waals surface area contributed by atoms with E-state index < -0.39 is 0 Å². The minimum atomic E-state index is 0.0150. The van der Waals surface area contributed by atoms with Crippen LogP contribution in [-0.4, -0.2) is 0 Å². The summed E-state index contributed by atoms with van der Waals surface area (Å²) >= 11 is 0. The average molecular weight is 140 g/mol. The maximum absolute atomic E-state index is 12.6. The van der Waals surface area contributed by atoms with Crippen molar-refractivity contribution in [2.45, 2.75) is 20.3 Å². The molecule has 1 unspecified atom stereocenters. The quantitative estimate of drug-likeness (QED) is 0.525. The van der Waals surface area contributed by atoms with Crippen LogP contribution in [0.15, 0.2) is 24.1 Å². The zero-order valence-electron chi connectivity index (χ0n) is 6.47. The van der Waals surface area contributed by atoms with Gasteiger partial charge < -0.3 is 0 Å². The molecule has 0 fully saturated rings. The van der Waals surface area contributed by atoms with Crippen LogP contribution in [0.5, 0.6) is 0 Å². The normalized spacial score (nSPS) is 25.2. The van der Waals surface area contributed by atoms with Gasteiger partial charge in [0.25, 0.3) is 0 Å². The van der Waals surface area contributed by atoms with Gasteiger partial charge in [0, 0.05) is 6.42 Å². The number of halogens is 1. The number of hydrogen-bond acceptors (Lipinski definition) is 0. The van der Waals surface area contributed by atoms with Crippen LogP contribution < -0.4 is 0 Å². The average Bonchev–Trinajstić information content (AvgIpc) is 1.88. The van der Waals surface area contributed by atoms with Crippen molar-refractivity contribution in [3.05, 3.63) is 24.1 Å². The van der Waals surface area contributed by atoms with Gasteiger partial charge in [0.1, 0.15) is 5.83 Å². The molecule has 0 aromatic rings. The molecule has 1 heteroatoms. The summed E-state index contributed by atoms with van der Waals surface area (Å²) in [4.78, 5) is 0. The third-order valence-corrected chi connectivity index (χ3v) is 1.92. The van der Waals surface area contributed by atoms with E-state index in [4.69, 9.17) is 0 Å². The smallest absolute Gasteiger partial charge is 0.100 e. The fraction of sp³-hybridized carbons (Fsp3) is 0.556. The summed E-state index contributed by atoms with van der Waals surface area (Å²) in [6.07, 6.45) is 6.02. The zero-order chi connectivity index (χ0) is 7.56. The van der Waals surface area contributed by atoms with E-state index in [1.165, 1.54) is 0 Å². The van der Waals surface area contributed by atoms with Gasteiger partial charge in [-0.3, -0.25) is 0 Å². The van der Waals surface area contributed by atoms with Gasteiger partial charge in [-0.2, -0.15) is 0 Å². The van der Waals surface area contributed by atoms with Gasteiger partial charge in [-0.25, -0.2) is 4.39 Å². The second-order valence-corrected chi connectivity index (χ2v) is 3.11. The van der Waals surface area contributed by atoms with E-state index in [1.807, 2.05) is 6.08 Å². The van der Waals surface area contributed by atoms with Crippen LogP contribution in [0.1, 0.15) is 20.3 Å². The fourth-order valence-corrected chi connectivity index (χ4v) is 1.12. The second-order valence-electron chi connectivity index (χ2n) is 3.11. The van der Waals surface area contributed by atoms with E-state index in [9.17, 15) is 4.39 Å². The highest BCUT2D eigenvalue weighted by Gasteiger charge is 2.13. The lowest BCUT2D eigenvalue weighted by atomic mass is 9.89. The molecule has 0 spiro atoms. The molecule has 0 bridgehead atoms. The molecule has 0 aromatic heterocycles. The third-order valence-electron chi connectivity index (χ3n) is 1.92. The Labute approximate surface area is 61.4 Å². The molecule has 0 saturated carbocycles. The van der Waals surface area contributed by atoms with E-state index in [2.05, 4.69) is 19.9 Å². The Balaban J connectivity index is 2.55. The number of allylic oxidation sites excluding steroid dienone is 4. The Hall–Kier alpha value is -0.590. The SMILES string of the molecule is CC(C)C1C=CC=C(F)C1. The molecule has 10 heavy (non-hydrogen) atoms. The molecule has 0 N–H and O–H groups in total. The Morgan fingerprint density at radius 2 is 2.30 bits per heavy atom. The summed E-state index contributed by atoms with van der Waals surface area (Å²) < 4.78 is 12.6. The highest BCUT2D eigenvalue weighted by molar-refractivity contribution is 5.15. The molecule has 0 heterocycles. The largest absolute Gasteiger partial charge is 0.212 e. The van der Waals surface area contributed by atoms with E-state index in [0.717, 1.165) is 0 Å². The first-order chi connectivity index (χ1) is 4.70. The Kier molecular flexibility index (Phi) is 2.25. The fourth-order valence-electron chi connectivity index (χ4n) is 1.12. The molecule has 0 aromatic carbocycles. The van der Waals surface area contributed by atoms with Crippen LogP contribution in [0.25, 0.3) is 0 Å². The lowest BCUT2D eigenvalue weighted by molar-refractivity contribution is 0.417. The molecule has 1 atom stereocenters. The van der Waals surface area contributed by atoms with E-state index in [0.29, 0.717) is 18.3 Å². The van der Waals surface area contributed by atoms with Gasteiger partial charge in [0.15, 0.2) is 0 Å². The lowest BCUT2D eigenvalue weighted by Crippen LogP contribution is -2.07. The monoisotopic (exact) mass is 140 g/mol. The maximum Gasteiger partial charge on any atom is 0.100 e. The molecule has 1 aliphatic carbocycles. The van der Waals surface area contributed by atoms with Crippen LogP contribution in [-0.2, 0) is 0 Å². The minimum Gasteiger partial charge on any atom is -0.212 e. The molecule has 0 amide bonds. The van der Waals surface area contributed by atoms with Crippen molar-refractivity contribution in [2.75, 3.05) is 0 Å². The first-order valence-corrected chi connectivity index (χ1v) is 3.73. The van der Waals surface area contributed by atoms with Crippen LogP contribution in [0, 0.1) is 11.8 Å². The summed E-state index contributed by atoms with van der Waals surface area (Å²) in [7, 11) is 0. The van der Waals surface area contributed by atoms with Crippen LogP contribution >= 0.6 is 0 Å². The maximum atomic E-state index is 12.6. The lowest BCUT2D eigenvalue weighted by Gasteiger charge is -2.17. The topological polar surface area (TPSA) is 0 Å². The van der Waals surface area contributed by atoms with E-state index >= 15 is 0 Å². The van der Waals surface area contributed by atoms with Crippen molar-refractivity contribution in [2.24, 2.45) is 11.8 Å². The van der Waals surface area contributed by atoms with Crippen LogP contribution in [0.2, 0.25) is 0 Å². The van der Waals surface area contributed by atoms with Gasteiger partial charge in [-0.1, -0.05) is 26.0 Å². The van der Waals surface area contributed by atoms with Gasteiger partial charge in [0.2, 0.25) is 0 Å². The van der Waals surface area contributed by atoms with Crippen LogP contribution in [0.3, 0.4) is 0 Å². The minimum absolute atomic E-state index is 0.0150. The van der Waals surface area contributed by atoms with Crippen molar-refractivity contribution < 1.29 is 4.39 Å². The molecule has 0 radical (unpaired) electrons. The summed E-state index contributed by atoms with van der Waals surface area (Å²) in [5, 5.41) is 0. The molecule has 1 aliphatic rings. The standard InChI is InChI=1S/C9H13F/c1-7(2)8-4-3-5-9(10)6-8/h3-5,7-8H,6H2,1-2H3. The summed E-state index contributed by atoms with van der Waals surface area (Å²) in [6.45, 7) is 4.24. The van der Waals surface area contributed by atoms with E-state index in [1.54, 1.807) is 6.08 Å². The van der Waals surface area contributed by atoms with Gasteiger partial charge in [-0.05, 0) is 17.9 Å². The predicted octanol–water partition coefficient (Wildman–Crippen LogP) is 3.07. The summed E-state index contributed by atoms with van der Waals surface area (Å²) in [6, 6.07) is 0. The summed E-state index contributed by atoms with van der Waals surface area (Å²) in [5.74, 6) is 0.974. The second kappa shape index (κ2) is 3.00. The molecule has 1 rings (SSSR count). The van der Waals surface area contributed by atoms with Crippen molar-refractivity contribution in [3.63, 3.8) is 0 Å². The Bertz CT molecular complexity index is 166. The zero-order valence-corrected chi connectivity index (χ0v) is 6.47. The van der Waals surface area contributed by atoms with Crippen molar-refractivity contribution in [3.8, 4) is 0 Å². The van der Waals surface area contributed by atoms with Crippen molar-refractivity contribution in [1.82, 2.24) is 0 Å². The van der Waals surface area contributed by atoms with Gasteiger partial charge in [-0.15, -0.1) is 0 Å². The third kappa shape index (κ3) is 1.69. The van der Waals surface area contributed by atoms with Crippen LogP contribution in [0.4, 0.5) is 4.39 Å². The predicted molar refractivity (Wildman–Crippen MR) is 41.3 cm³/mol. The molecular weight excluding hydrogens is 127 g/mol. The molecule has 0 nitrogen and oxygen atoms in total. The number of hydrogen-bond donors (Lipinski definition) is 0. The van der Waals surface area contributed by atoms with E-state index in [-0.39, 0.29) is 5.83 Å². The van der Waals surface area contributed by atoms with Crippen molar-refractivity contribution >= 4 is 0 Å². The molecule has 0 aliphatic heterocycles. The molecule has 56 valence electrons. The Morgan fingerprint density at radius 1 is 1.60 bits per heavy atom. The Morgan fingerprint density at radius 3 is 2.70 bits per heavy atom. The molecular formula is C9H13F. The number of rotatable bonds is 1. The van der Waals surface area contributed by atoms with Gasteiger partial charge in [0.05, 0.1) is 0 Å². The highest BCUT2D eigenvalue weighted by Crippen LogP contribution is 2.25. The first kappa shape index (κ1) is 7.52.